The Morgan fingerprint density at radius 2 is 1.42 bits per heavy atom. The number of aromatic nitrogens is 2. The molecule has 2 heterocycles. The molecule has 4 N–H and O–H groups in total. The van der Waals surface area contributed by atoms with Gasteiger partial charge in [0, 0.05) is 51.7 Å². The van der Waals surface area contributed by atoms with Gasteiger partial charge < -0.3 is 34.9 Å². The smallest absolute Gasteiger partial charge is 0.330 e. The van der Waals surface area contributed by atoms with Crippen LogP contribution in [-0.2, 0) is 40.7 Å². The molecule has 4 aromatic carbocycles. The molecule has 0 aliphatic carbocycles. The number of carbonyl (C=O) groups is 4. The number of amides is 3. The van der Waals surface area contributed by atoms with Crippen molar-refractivity contribution in [2.45, 2.75) is 76.7 Å². The minimum atomic E-state index is -1.22. The molecule has 364 valence electrons. The van der Waals surface area contributed by atoms with E-state index in [1.165, 1.54) is 35.5 Å². The van der Waals surface area contributed by atoms with E-state index in [4.69, 9.17) is 18.9 Å². The molecule has 1 aromatic heterocycles. The lowest BCUT2D eigenvalue weighted by Crippen LogP contribution is -2.37. The maximum atomic E-state index is 13.5. The number of ketones is 1. The fraction of sp³-hybridized carbons (Fsp3) is 0.370. The normalized spacial score (nSPS) is 16.2. The van der Waals surface area contributed by atoms with Crippen molar-refractivity contribution in [1.29, 1.82) is 0 Å². The summed E-state index contributed by atoms with van der Waals surface area (Å²) in [5.74, 6) is -0.143. The van der Waals surface area contributed by atoms with Gasteiger partial charge in [-0.2, -0.15) is 0 Å². The van der Waals surface area contributed by atoms with E-state index in [0.717, 1.165) is 28.7 Å². The molecule has 1 fully saturated rings. The molecule has 3 amide bonds. The van der Waals surface area contributed by atoms with Gasteiger partial charge in [-0.1, -0.05) is 92.7 Å². The standard InChI is InChI=1S/C54H63N5O10/c1-35(2)30-37-12-14-38(15-13-37)36(3)51(63)57-29-28-56-49(62)26-16-39-33-59(53(65)58-52(39)64)50-32-40(31-44(60)21-27-48(61)55-4)47(69-50)34-68-54(41-10-8-7-9-11-41,42-17-22-45(66-5)23-18-42)43-19-24-46(67-6)25-20-43/h7-20,22-26,33,35-36,40,47,50H,21,27-32,34H2,1-6H3,(H,55,61)(H,56,62)(H,57,63)(H,58,64,65)/t36-,40?,47+,50+/m0/s1. The number of nitrogens with zero attached hydrogens (tertiary/aromatic N) is 1. The predicted molar refractivity (Wildman–Crippen MR) is 263 cm³/mol. The first-order chi connectivity index (χ1) is 33.2. The Bertz CT molecular complexity index is 2610. The minimum absolute atomic E-state index is 0.00817. The summed E-state index contributed by atoms with van der Waals surface area (Å²) in [5, 5.41) is 8.11. The number of methoxy groups -OCH3 is 2. The van der Waals surface area contributed by atoms with Crippen molar-refractivity contribution < 1.29 is 38.1 Å². The average Bonchev–Trinajstić information content (AvgIpc) is 3.76. The van der Waals surface area contributed by atoms with Crippen molar-refractivity contribution in [3.8, 4) is 11.5 Å². The molecule has 1 saturated heterocycles. The van der Waals surface area contributed by atoms with Crippen LogP contribution in [0.4, 0.5) is 0 Å². The number of aromatic amines is 1. The topological polar surface area (TPSA) is 196 Å². The van der Waals surface area contributed by atoms with Crippen LogP contribution in [0.25, 0.3) is 6.08 Å². The molecule has 1 unspecified atom stereocenters. The molecule has 5 aromatic rings. The highest BCUT2D eigenvalue weighted by molar-refractivity contribution is 5.91. The van der Waals surface area contributed by atoms with Crippen LogP contribution >= 0.6 is 0 Å². The highest BCUT2D eigenvalue weighted by Crippen LogP contribution is 2.44. The maximum absolute atomic E-state index is 13.5. The summed E-state index contributed by atoms with van der Waals surface area (Å²) < 4.78 is 26.0. The summed E-state index contributed by atoms with van der Waals surface area (Å²) in [6.45, 7) is 6.42. The second kappa shape index (κ2) is 24.3. The third-order valence-corrected chi connectivity index (χ3v) is 12.4. The van der Waals surface area contributed by atoms with Crippen molar-refractivity contribution in [3.63, 3.8) is 0 Å². The Balaban J connectivity index is 1.20. The predicted octanol–water partition coefficient (Wildman–Crippen LogP) is 6.20. The molecular formula is C54H63N5O10. The Morgan fingerprint density at radius 1 is 0.812 bits per heavy atom. The zero-order valence-corrected chi connectivity index (χ0v) is 40.1. The van der Waals surface area contributed by atoms with Gasteiger partial charge >= 0.3 is 5.69 Å². The van der Waals surface area contributed by atoms with Crippen LogP contribution in [0.5, 0.6) is 11.5 Å². The fourth-order valence-corrected chi connectivity index (χ4v) is 8.55. The molecular weight excluding hydrogens is 879 g/mol. The zero-order valence-electron chi connectivity index (χ0n) is 40.1. The first-order valence-electron chi connectivity index (χ1n) is 23.3. The number of Topliss-reactive ketones (excluding diaryl/α,β-unsaturated/α-hetero) is 1. The number of ether oxygens (including phenoxy) is 4. The van der Waals surface area contributed by atoms with Gasteiger partial charge in [-0.3, -0.25) is 33.5 Å². The summed E-state index contributed by atoms with van der Waals surface area (Å²) in [5.41, 5.74) is 1.81. The average molecular weight is 942 g/mol. The van der Waals surface area contributed by atoms with Crippen molar-refractivity contribution in [1.82, 2.24) is 25.5 Å². The molecule has 69 heavy (non-hydrogen) atoms. The quantitative estimate of drug-likeness (QED) is 0.0333. The van der Waals surface area contributed by atoms with E-state index in [1.54, 1.807) is 14.2 Å². The molecule has 4 atom stereocenters. The molecule has 1 aliphatic rings. The van der Waals surface area contributed by atoms with E-state index in [2.05, 4.69) is 34.8 Å². The SMILES string of the molecule is CNC(=O)CCC(=O)CC1C[C@H](n2cc(C=CC(=O)NCCNC(=O)[C@@H](C)c3ccc(CC(C)C)cc3)c(=O)[nH]c2=O)O[C@@H]1COC(c1ccccc1)(c1ccc(OC)cc1)c1ccc(OC)cc1. The number of carbonyl (C=O) groups excluding carboxylic acids is 4. The number of hydrogen-bond acceptors (Lipinski definition) is 10. The maximum Gasteiger partial charge on any atom is 0.330 e. The summed E-state index contributed by atoms with van der Waals surface area (Å²) in [6.07, 6.45) is 3.29. The van der Waals surface area contributed by atoms with Crippen LogP contribution in [-0.4, -0.2) is 80.1 Å². The van der Waals surface area contributed by atoms with Gasteiger partial charge in [0.2, 0.25) is 17.7 Å². The van der Waals surface area contributed by atoms with Crippen LogP contribution < -0.4 is 36.7 Å². The van der Waals surface area contributed by atoms with E-state index < -0.39 is 41.0 Å². The molecule has 1 aliphatic heterocycles. The fourth-order valence-electron chi connectivity index (χ4n) is 8.55. The van der Waals surface area contributed by atoms with Gasteiger partial charge in [0.05, 0.1) is 38.4 Å². The van der Waals surface area contributed by atoms with Crippen LogP contribution in [0.3, 0.4) is 0 Å². The first-order valence-corrected chi connectivity index (χ1v) is 23.3. The van der Waals surface area contributed by atoms with Gasteiger partial charge in [-0.25, -0.2) is 4.79 Å². The molecule has 0 saturated carbocycles. The van der Waals surface area contributed by atoms with E-state index in [1.807, 2.05) is 110 Å². The number of H-pyrrole nitrogens is 1. The van der Waals surface area contributed by atoms with Crippen molar-refractivity contribution in [2.75, 3.05) is 41.0 Å². The summed E-state index contributed by atoms with van der Waals surface area (Å²) in [7, 11) is 4.69. The van der Waals surface area contributed by atoms with Crippen LogP contribution in [0.15, 0.2) is 125 Å². The first kappa shape index (κ1) is 51.3. The number of nitrogens with one attached hydrogen (secondary N) is 4. The lowest BCUT2D eigenvalue weighted by molar-refractivity contribution is -0.126. The van der Waals surface area contributed by atoms with E-state index in [-0.39, 0.29) is 74.5 Å². The zero-order chi connectivity index (χ0) is 49.5. The van der Waals surface area contributed by atoms with Gasteiger partial charge in [0.25, 0.3) is 5.56 Å². The Labute approximate surface area is 402 Å². The number of benzene rings is 4. The van der Waals surface area contributed by atoms with Crippen LogP contribution in [0.1, 0.15) is 92.0 Å². The Hall–Kier alpha value is -7.10. The third kappa shape index (κ3) is 13.3. The van der Waals surface area contributed by atoms with Gasteiger partial charge in [0.15, 0.2) is 0 Å². The summed E-state index contributed by atoms with van der Waals surface area (Å²) in [6, 6.07) is 32.8. The van der Waals surface area contributed by atoms with Crippen molar-refractivity contribution in [3.05, 3.63) is 170 Å². The van der Waals surface area contributed by atoms with Crippen molar-refractivity contribution >= 4 is 29.6 Å². The van der Waals surface area contributed by atoms with Gasteiger partial charge in [-0.15, -0.1) is 0 Å². The van der Waals surface area contributed by atoms with Gasteiger partial charge in [0.1, 0.15) is 29.1 Å². The van der Waals surface area contributed by atoms with Crippen molar-refractivity contribution in [2.24, 2.45) is 11.8 Å². The molecule has 15 heteroatoms. The van der Waals surface area contributed by atoms with E-state index in [0.29, 0.717) is 17.4 Å². The number of rotatable bonds is 23. The highest BCUT2D eigenvalue weighted by Gasteiger charge is 2.43. The van der Waals surface area contributed by atoms with Gasteiger partial charge in [-0.05, 0) is 89.8 Å². The summed E-state index contributed by atoms with van der Waals surface area (Å²) in [4.78, 5) is 80.2. The monoisotopic (exact) mass is 941 g/mol. The van der Waals surface area contributed by atoms with Crippen LogP contribution in [0.2, 0.25) is 0 Å². The minimum Gasteiger partial charge on any atom is -0.497 e. The second-order valence-electron chi connectivity index (χ2n) is 17.6. The molecule has 6 rings (SSSR count). The molecule has 15 nitrogen and oxygen atoms in total. The van der Waals surface area contributed by atoms with E-state index in [9.17, 15) is 28.8 Å². The highest BCUT2D eigenvalue weighted by atomic mass is 16.6. The lowest BCUT2D eigenvalue weighted by atomic mass is 9.80. The van der Waals surface area contributed by atoms with Crippen LogP contribution in [0, 0.1) is 11.8 Å². The third-order valence-electron chi connectivity index (χ3n) is 12.4. The molecule has 0 bridgehead atoms. The lowest BCUT2D eigenvalue weighted by Gasteiger charge is -2.37. The Kier molecular flexibility index (Phi) is 18.0. The molecule has 0 spiro atoms. The molecule has 0 radical (unpaired) electrons. The van der Waals surface area contributed by atoms with E-state index >= 15 is 0 Å². The second-order valence-corrected chi connectivity index (χ2v) is 17.6. The number of hydrogen-bond donors (Lipinski definition) is 4. The summed E-state index contributed by atoms with van der Waals surface area (Å²) >= 11 is 0. The largest absolute Gasteiger partial charge is 0.497 e. The Morgan fingerprint density at radius 3 is 2.01 bits per heavy atom.